The van der Waals surface area contributed by atoms with Crippen LogP contribution in [0.15, 0.2) is 24.3 Å². The van der Waals surface area contributed by atoms with E-state index in [-0.39, 0.29) is 24.3 Å². The zero-order chi connectivity index (χ0) is 17.2. The Kier molecular flexibility index (Phi) is 7.76. The van der Waals surface area contributed by atoms with Gasteiger partial charge >= 0.3 is 0 Å². The molecule has 0 aliphatic carbocycles. The number of methoxy groups -OCH3 is 1. The van der Waals surface area contributed by atoms with Crippen molar-refractivity contribution in [2.24, 2.45) is 0 Å². The van der Waals surface area contributed by atoms with Gasteiger partial charge in [-0.05, 0) is 24.6 Å². The number of carbonyl (C=O) groups excluding carboxylic acids is 3. The minimum Gasteiger partial charge on any atom is -0.385 e. The van der Waals surface area contributed by atoms with Gasteiger partial charge in [-0.2, -0.15) is 0 Å². The van der Waals surface area contributed by atoms with Gasteiger partial charge in [0, 0.05) is 45.5 Å². The maximum atomic E-state index is 12.1. The summed E-state index contributed by atoms with van der Waals surface area (Å²) in [6.07, 6.45) is 0.668. The lowest BCUT2D eigenvalue weighted by Gasteiger charge is -2.20. The summed E-state index contributed by atoms with van der Waals surface area (Å²) < 4.78 is 4.94. The molecule has 1 rings (SSSR count). The lowest BCUT2D eigenvalue weighted by molar-refractivity contribution is -0.132. The lowest BCUT2D eigenvalue weighted by Crippen LogP contribution is -2.37. The Morgan fingerprint density at radius 3 is 2.35 bits per heavy atom. The highest BCUT2D eigenvalue weighted by atomic mass is 16.5. The summed E-state index contributed by atoms with van der Waals surface area (Å²) in [5.41, 5.74) is 1.15. The summed E-state index contributed by atoms with van der Waals surface area (Å²) in [5.74, 6) is -0.643. The summed E-state index contributed by atoms with van der Waals surface area (Å²) in [5, 5.41) is 5.36. The largest absolute Gasteiger partial charge is 0.385 e. The highest BCUT2D eigenvalue weighted by Gasteiger charge is 2.13. The second-order valence-corrected chi connectivity index (χ2v) is 5.10. The molecule has 0 fully saturated rings. The second-order valence-electron chi connectivity index (χ2n) is 5.10. The first-order valence-corrected chi connectivity index (χ1v) is 7.34. The summed E-state index contributed by atoms with van der Waals surface area (Å²) in [6, 6.07) is 6.82. The van der Waals surface area contributed by atoms with E-state index in [9.17, 15) is 14.4 Å². The fourth-order valence-corrected chi connectivity index (χ4v) is 2.00. The number of anilines is 2. The van der Waals surface area contributed by atoms with Crippen LogP contribution < -0.4 is 10.6 Å². The van der Waals surface area contributed by atoms with Crippen LogP contribution in [0.3, 0.4) is 0 Å². The molecular formula is C16H23N3O4. The van der Waals surface area contributed by atoms with E-state index in [1.807, 2.05) is 0 Å². The van der Waals surface area contributed by atoms with E-state index >= 15 is 0 Å². The maximum Gasteiger partial charge on any atom is 0.243 e. The SMILES string of the molecule is COCCCN(CC(=O)Nc1cccc(NC(C)=O)c1)C(C)=O. The van der Waals surface area contributed by atoms with E-state index in [1.165, 1.54) is 18.7 Å². The number of ether oxygens (including phenoxy) is 1. The number of carbonyl (C=O) groups is 3. The van der Waals surface area contributed by atoms with E-state index in [2.05, 4.69) is 10.6 Å². The van der Waals surface area contributed by atoms with Crippen LogP contribution in [0.1, 0.15) is 20.3 Å². The third kappa shape index (κ3) is 7.42. The van der Waals surface area contributed by atoms with Crippen LogP contribution in [-0.4, -0.2) is 49.4 Å². The van der Waals surface area contributed by atoms with Gasteiger partial charge in [0.1, 0.15) is 0 Å². The van der Waals surface area contributed by atoms with Crippen LogP contribution >= 0.6 is 0 Å². The number of benzene rings is 1. The smallest absolute Gasteiger partial charge is 0.243 e. The van der Waals surface area contributed by atoms with Gasteiger partial charge < -0.3 is 20.3 Å². The Morgan fingerprint density at radius 2 is 1.78 bits per heavy atom. The average Bonchev–Trinajstić information content (AvgIpc) is 2.45. The predicted molar refractivity (Wildman–Crippen MR) is 88.1 cm³/mol. The Hall–Kier alpha value is -2.41. The Labute approximate surface area is 136 Å². The van der Waals surface area contributed by atoms with Gasteiger partial charge in [0.15, 0.2) is 0 Å². The number of hydrogen-bond acceptors (Lipinski definition) is 4. The Morgan fingerprint density at radius 1 is 1.13 bits per heavy atom. The molecule has 0 saturated carbocycles. The number of nitrogens with zero attached hydrogens (tertiary/aromatic N) is 1. The zero-order valence-electron chi connectivity index (χ0n) is 13.7. The summed E-state index contributed by atoms with van der Waals surface area (Å²) in [6.45, 7) is 3.81. The van der Waals surface area contributed by atoms with Crippen molar-refractivity contribution < 1.29 is 19.1 Å². The summed E-state index contributed by atoms with van der Waals surface area (Å²) >= 11 is 0. The molecule has 1 aromatic carbocycles. The topological polar surface area (TPSA) is 87.7 Å². The van der Waals surface area contributed by atoms with Crippen molar-refractivity contribution in [2.45, 2.75) is 20.3 Å². The zero-order valence-corrected chi connectivity index (χ0v) is 13.7. The van der Waals surface area contributed by atoms with Crippen molar-refractivity contribution in [1.29, 1.82) is 0 Å². The van der Waals surface area contributed by atoms with Crippen molar-refractivity contribution in [3.63, 3.8) is 0 Å². The monoisotopic (exact) mass is 321 g/mol. The first-order chi connectivity index (χ1) is 10.9. The van der Waals surface area contributed by atoms with Crippen LogP contribution in [0, 0.1) is 0 Å². The molecule has 0 aromatic heterocycles. The van der Waals surface area contributed by atoms with E-state index in [0.717, 1.165) is 0 Å². The van der Waals surface area contributed by atoms with Crippen molar-refractivity contribution >= 4 is 29.1 Å². The Balaban J connectivity index is 2.60. The van der Waals surface area contributed by atoms with Crippen molar-refractivity contribution in [3.8, 4) is 0 Å². The molecule has 0 unspecified atom stereocenters. The first-order valence-electron chi connectivity index (χ1n) is 7.34. The number of nitrogens with one attached hydrogen (secondary N) is 2. The van der Waals surface area contributed by atoms with Crippen LogP contribution in [0.5, 0.6) is 0 Å². The molecule has 7 nitrogen and oxygen atoms in total. The number of hydrogen-bond donors (Lipinski definition) is 2. The maximum absolute atomic E-state index is 12.1. The van der Waals surface area contributed by atoms with Gasteiger partial charge in [-0.15, -0.1) is 0 Å². The molecule has 1 aromatic rings. The third-order valence-corrected chi connectivity index (χ3v) is 3.02. The molecule has 0 radical (unpaired) electrons. The van der Waals surface area contributed by atoms with Gasteiger partial charge in [0.25, 0.3) is 0 Å². The van der Waals surface area contributed by atoms with Crippen LogP contribution in [0.4, 0.5) is 11.4 Å². The molecule has 0 aliphatic rings. The third-order valence-electron chi connectivity index (χ3n) is 3.02. The van der Waals surface area contributed by atoms with Crippen LogP contribution in [-0.2, 0) is 19.1 Å². The molecule has 2 N–H and O–H groups in total. The fourth-order valence-electron chi connectivity index (χ4n) is 2.00. The molecular weight excluding hydrogens is 298 g/mol. The normalized spacial score (nSPS) is 10.0. The molecule has 126 valence electrons. The lowest BCUT2D eigenvalue weighted by atomic mass is 10.2. The predicted octanol–water partition coefficient (Wildman–Crippen LogP) is 1.47. The van der Waals surface area contributed by atoms with Crippen LogP contribution in [0.2, 0.25) is 0 Å². The van der Waals surface area contributed by atoms with E-state index in [4.69, 9.17) is 4.74 Å². The van der Waals surface area contributed by atoms with Gasteiger partial charge in [0.2, 0.25) is 17.7 Å². The van der Waals surface area contributed by atoms with Crippen molar-refractivity contribution in [1.82, 2.24) is 4.90 Å². The van der Waals surface area contributed by atoms with Gasteiger partial charge in [-0.25, -0.2) is 0 Å². The average molecular weight is 321 g/mol. The standard InChI is InChI=1S/C16H23N3O4/c1-12(20)17-14-6-4-7-15(10-14)18-16(22)11-19(13(2)21)8-5-9-23-3/h4,6-7,10H,5,8-9,11H2,1-3H3,(H,17,20)(H,18,22). The van der Waals surface area contributed by atoms with Crippen molar-refractivity contribution in [2.75, 3.05) is 37.4 Å². The fraction of sp³-hybridized carbons (Fsp3) is 0.438. The van der Waals surface area contributed by atoms with E-state index in [0.29, 0.717) is 30.9 Å². The molecule has 7 heteroatoms. The molecule has 0 aliphatic heterocycles. The molecule has 0 heterocycles. The molecule has 0 atom stereocenters. The van der Waals surface area contributed by atoms with E-state index in [1.54, 1.807) is 31.4 Å². The van der Waals surface area contributed by atoms with Crippen molar-refractivity contribution in [3.05, 3.63) is 24.3 Å². The van der Waals surface area contributed by atoms with Crippen LogP contribution in [0.25, 0.3) is 0 Å². The molecule has 3 amide bonds. The quantitative estimate of drug-likeness (QED) is 0.710. The molecule has 0 spiro atoms. The van der Waals surface area contributed by atoms with Gasteiger partial charge in [-0.3, -0.25) is 14.4 Å². The second kappa shape index (κ2) is 9.58. The van der Waals surface area contributed by atoms with Gasteiger partial charge in [0.05, 0.1) is 6.54 Å². The van der Waals surface area contributed by atoms with E-state index < -0.39 is 0 Å². The summed E-state index contributed by atoms with van der Waals surface area (Å²) in [4.78, 5) is 36.1. The number of rotatable bonds is 8. The highest BCUT2D eigenvalue weighted by molar-refractivity contribution is 5.95. The minimum absolute atomic E-state index is 0.0244. The molecule has 0 bridgehead atoms. The summed E-state index contributed by atoms with van der Waals surface area (Å²) in [7, 11) is 1.59. The Bertz CT molecular complexity index is 560. The molecule has 23 heavy (non-hydrogen) atoms. The first kappa shape index (κ1) is 18.6. The highest BCUT2D eigenvalue weighted by Crippen LogP contribution is 2.15. The molecule has 0 saturated heterocycles. The minimum atomic E-state index is -0.294. The van der Waals surface area contributed by atoms with Gasteiger partial charge in [-0.1, -0.05) is 6.07 Å². The number of amides is 3.